The minimum absolute atomic E-state index is 0.339. The van der Waals surface area contributed by atoms with E-state index in [2.05, 4.69) is 9.88 Å². The number of pyridine rings is 1. The Kier molecular flexibility index (Phi) is 6.88. The summed E-state index contributed by atoms with van der Waals surface area (Å²) in [6.07, 6.45) is -4.17. The molecule has 2 heterocycles. The fraction of sp³-hybridized carbons (Fsp3) is 0.429. The lowest BCUT2D eigenvalue weighted by Crippen LogP contribution is -2.56. The highest BCUT2D eigenvalue weighted by Crippen LogP contribution is 2.31. The topological polar surface area (TPSA) is 70.6 Å². The highest BCUT2D eigenvalue weighted by molar-refractivity contribution is 7.93. The summed E-state index contributed by atoms with van der Waals surface area (Å²) in [5.74, 6) is -0.606. The standard InChI is InChI=1S/C21H23ClF3N3O3S/c1-20(2,32(30,31)18-8-5-16(13-26-18)21(23,24)25)19(29)28-11-9-27(10-12-28)14-15-3-6-17(22)7-4-15/h3-8,13H,9-12,14H2,1-2H3. The number of sulfone groups is 1. The first-order valence-electron chi connectivity index (χ1n) is 9.86. The Hall–Kier alpha value is -2.17. The van der Waals surface area contributed by atoms with Crippen LogP contribution in [-0.2, 0) is 27.4 Å². The number of halogens is 4. The summed E-state index contributed by atoms with van der Waals surface area (Å²) in [6, 6.07) is 8.89. The van der Waals surface area contributed by atoms with Crippen LogP contribution in [0, 0.1) is 0 Å². The summed E-state index contributed by atoms with van der Waals surface area (Å²) in [6.45, 7) is 4.98. The SMILES string of the molecule is CC(C)(C(=O)N1CCN(Cc2ccc(Cl)cc2)CC1)S(=O)(=O)c1ccc(C(F)(F)F)cn1. The predicted octanol–water partition coefficient (Wildman–Crippen LogP) is 3.65. The number of alkyl halides is 3. The number of aromatic nitrogens is 1. The molecule has 0 N–H and O–H groups in total. The minimum atomic E-state index is -4.63. The highest BCUT2D eigenvalue weighted by atomic mass is 35.5. The van der Waals surface area contributed by atoms with Gasteiger partial charge in [-0.2, -0.15) is 13.2 Å². The third kappa shape index (κ3) is 5.07. The van der Waals surface area contributed by atoms with Crippen molar-refractivity contribution in [2.45, 2.75) is 36.3 Å². The molecule has 3 rings (SSSR count). The molecule has 6 nitrogen and oxygen atoms in total. The molecule has 1 aliphatic rings. The lowest BCUT2D eigenvalue weighted by atomic mass is 10.1. The van der Waals surface area contributed by atoms with Gasteiger partial charge in [-0.05, 0) is 43.7 Å². The number of nitrogens with zero attached hydrogens (tertiary/aromatic N) is 3. The van der Waals surface area contributed by atoms with Crippen LogP contribution in [0.5, 0.6) is 0 Å². The number of rotatable bonds is 5. The third-order valence-electron chi connectivity index (χ3n) is 5.50. The number of carbonyl (C=O) groups excluding carboxylic acids is 1. The number of carbonyl (C=O) groups is 1. The average Bonchev–Trinajstić information content (AvgIpc) is 2.74. The molecular formula is C21H23ClF3N3O3S. The van der Waals surface area contributed by atoms with Gasteiger partial charge in [0, 0.05) is 43.9 Å². The second-order valence-electron chi connectivity index (χ2n) is 8.09. The van der Waals surface area contributed by atoms with Gasteiger partial charge in [0.05, 0.1) is 5.56 Å². The van der Waals surface area contributed by atoms with E-state index in [9.17, 15) is 26.4 Å². The number of benzene rings is 1. The molecule has 174 valence electrons. The van der Waals surface area contributed by atoms with Gasteiger partial charge in [-0.3, -0.25) is 9.69 Å². The van der Waals surface area contributed by atoms with E-state index in [-0.39, 0.29) is 0 Å². The fourth-order valence-electron chi connectivity index (χ4n) is 3.42. The van der Waals surface area contributed by atoms with Gasteiger partial charge in [0.2, 0.25) is 15.7 Å². The molecule has 0 unspecified atom stereocenters. The van der Waals surface area contributed by atoms with Gasteiger partial charge in [-0.1, -0.05) is 23.7 Å². The zero-order valence-electron chi connectivity index (χ0n) is 17.6. The van der Waals surface area contributed by atoms with Crippen molar-refractivity contribution in [1.29, 1.82) is 0 Å². The minimum Gasteiger partial charge on any atom is -0.339 e. The van der Waals surface area contributed by atoms with E-state index in [1.54, 1.807) is 12.1 Å². The van der Waals surface area contributed by atoms with Crippen molar-refractivity contribution < 1.29 is 26.4 Å². The van der Waals surface area contributed by atoms with Gasteiger partial charge in [0.1, 0.15) is 0 Å². The van der Waals surface area contributed by atoms with Crippen molar-refractivity contribution >= 4 is 27.3 Å². The number of hydrogen-bond donors (Lipinski definition) is 0. The molecule has 1 aromatic heterocycles. The van der Waals surface area contributed by atoms with Gasteiger partial charge in [0.25, 0.3) is 0 Å². The van der Waals surface area contributed by atoms with E-state index in [0.29, 0.717) is 50.0 Å². The predicted molar refractivity (Wildman–Crippen MR) is 114 cm³/mol. The van der Waals surface area contributed by atoms with E-state index < -0.39 is 37.3 Å². The molecule has 1 aromatic carbocycles. The molecule has 0 saturated carbocycles. The Morgan fingerprint density at radius 2 is 1.62 bits per heavy atom. The largest absolute Gasteiger partial charge is 0.417 e. The highest BCUT2D eigenvalue weighted by Gasteiger charge is 2.46. The summed E-state index contributed by atoms with van der Waals surface area (Å²) < 4.78 is 62.4. The zero-order valence-corrected chi connectivity index (χ0v) is 19.1. The molecule has 2 aromatic rings. The maximum atomic E-state index is 13.1. The lowest BCUT2D eigenvalue weighted by Gasteiger charge is -2.38. The molecule has 0 aliphatic carbocycles. The van der Waals surface area contributed by atoms with Crippen molar-refractivity contribution in [2.24, 2.45) is 0 Å². The van der Waals surface area contributed by atoms with E-state index in [4.69, 9.17) is 11.6 Å². The summed E-state index contributed by atoms with van der Waals surface area (Å²) in [7, 11) is -4.31. The van der Waals surface area contributed by atoms with Crippen molar-refractivity contribution in [3.63, 3.8) is 0 Å². The molecule has 11 heteroatoms. The van der Waals surface area contributed by atoms with E-state index in [0.717, 1.165) is 11.6 Å². The molecule has 0 spiro atoms. The van der Waals surface area contributed by atoms with Crippen molar-refractivity contribution in [3.8, 4) is 0 Å². The van der Waals surface area contributed by atoms with Crippen molar-refractivity contribution in [1.82, 2.24) is 14.8 Å². The molecule has 1 saturated heterocycles. The summed E-state index contributed by atoms with van der Waals surface area (Å²) >= 11 is 5.90. The van der Waals surface area contributed by atoms with Crippen molar-refractivity contribution in [2.75, 3.05) is 26.2 Å². The van der Waals surface area contributed by atoms with Crippen LogP contribution < -0.4 is 0 Å². The van der Waals surface area contributed by atoms with Crippen LogP contribution >= 0.6 is 11.6 Å². The maximum absolute atomic E-state index is 13.1. The van der Waals surface area contributed by atoms with Crippen LogP contribution in [0.25, 0.3) is 0 Å². The number of piperazine rings is 1. The van der Waals surface area contributed by atoms with Crippen LogP contribution in [0.4, 0.5) is 13.2 Å². The summed E-state index contributed by atoms with van der Waals surface area (Å²) in [5, 5.41) is 0.0837. The first kappa shape index (κ1) is 24.5. The van der Waals surface area contributed by atoms with Gasteiger partial charge < -0.3 is 4.90 Å². The van der Waals surface area contributed by atoms with Crippen LogP contribution in [-0.4, -0.2) is 60.0 Å². The molecule has 0 radical (unpaired) electrons. The van der Waals surface area contributed by atoms with Crippen LogP contribution in [0.15, 0.2) is 47.6 Å². The van der Waals surface area contributed by atoms with E-state index in [1.165, 1.54) is 18.7 Å². The summed E-state index contributed by atoms with van der Waals surface area (Å²) in [4.78, 5) is 20.2. The first-order chi connectivity index (χ1) is 14.8. The molecule has 1 aliphatic heterocycles. The Labute approximate surface area is 189 Å². The van der Waals surface area contributed by atoms with Crippen molar-refractivity contribution in [3.05, 3.63) is 58.7 Å². The van der Waals surface area contributed by atoms with Gasteiger partial charge >= 0.3 is 6.18 Å². The van der Waals surface area contributed by atoms with Crippen LogP contribution in [0.1, 0.15) is 25.0 Å². The Balaban J connectivity index is 1.67. The monoisotopic (exact) mass is 489 g/mol. The van der Waals surface area contributed by atoms with E-state index in [1.807, 2.05) is 12.1 Å². The number of amides is 1. The van der Waals surface area contributed by atoms with Gasteiger partial charge in [0.15, 0.2) is 9.77 Å². The lowest BCUT2D eigenvalue weighted by molar-refractivity contribution is -0.138. The second-order valence-corrected chi connectivity index (χ2v) is 11.0. The Bertz CT molecular complexity index is 1060. The Morgan fingerprint density at radius 1 is 1.03 bits per heavy atom. The molecule has 1 amide bonds. The first-order valence-corrected chi connectivity index (χ1v) is 11.7. The van der Waals surface area contributed by atoms with Crippen LogP contribution in [0.2, 0.25) is 5.02 Å². The molecule has 0 atom stereocenters. The molecule has 0 bridgehead atoms. The fourth-order valence-corrected chi connectivity index (χ4v) is 4.87. The quantitative estimate of drug-likeness (QED) is 0.641. The Morgan fingerprint density at radius 3 is 2.12 bits per heavy atom. The molecule has 1 fully saturated rings. The summed E-state index contributed by atoms with van der Waals surface area (Å²) in [5.41, 5.74) is 0.0165. The van der Waals surface area contributed by atoms with E-state index >= 15 is 0 Å². The maximum Gasteiger partial charge on any atom is 0.417 e. The number of hydrogen-bond acceptors (Lipinski definition) is 5. The smallest absolute Gasteiger partial charge is 0.339 e. The van der Waals surface area contributed by atoms with Crippen LogP contribution in [0.3, 0.4) is 0 Å². The second kappa shape index (κ2) is 8.99. The normalized spacial score (nSPS) is 16.2. The molecular weight excluding hydrogens is 467 g/mol. The molecule has 32 heavy (non-hydrogen) atoms. The third-order valence-corrected chi connectivity index (χ3v) is 8.07. The average molecular weight is 490 g/mol. The zero-order chi connectivity index (χ0) is 23.7. The van der Waals surface area contributed by atoms with Gasteiger partial charge in [-0.15, -0.1) is 0 Å². The van der Waals surface area contributed by atoms with Gasteiger partial charge in [-0.25, -0.2) is 13.4 Å².